The molecule has 0 radical (unpaired) electrons. The van der Waals surface area contributed by atoms with E-state index in [1.54, 1.807) is 4.80 Å². The quantitative estimate of drug-likeness (QED) is 0.319. The predicted octanol–water partition coefficient (Wildman–Crippen LogP) is 5.93. The highest BCUT2D eigenvalue weighted by molar-refractivity contribution is 6.00. The van der Waals surface area contributed by atoms with Gasteiger partial charge in [-0.15, -0.1) is 5.10 Å². The molecule has 3 N–H and O–H groups in total. The standard InChI is InChI=1S/C39H64N6O5/c1-22(2)24(5)34(6)15-16-36(8)25-13-14-28-35(7)19-49-21-39(28,26(25)17-29(46)38(36,10)30(34)32(47)48)18-27(45-42-33(40)41-43-45)31(35)50-20-37(9,23(3)4)44(11)12/h17,22-25,27-28,30-31H,13-16,18-21H2,1-12H3,(H2,40,42)(H,47,48)/t24-,25+,27-,28+,30-,31+,34-,35+,36-,37-,38+,39?/m1/s1. The van der Waals surface area contributed by atoms with Gasteiger partial charge in [-0.2, -0.15) is 4.80 Å². The van der Waals surface area contributed by atoms with Crippen molar-refractivity contribution in [3.63, 3.8) is 0 Å². The van der Waals surface area contributed by atoms with Crippen LogP contribution in [0.3, 0.4) is 0 Å². The van der Waals surface area contributed by atoms with Crippen molar-refractivity contribution in [1.82, 2.24) is 25.1 Å². The van der Waals surface area contributed by atoms with E-state index in [1.165, 1.54) is 0 Å². The van der Waals surface area contributed by atoms with Crippen LogP contribution in [0, 0.1) is 62.6 Å². The van der Waals surface area contributed by atoms with E-state index < -0.39 is 39.0 Å². The highest BCUT2D eigenvalue weighted by atomic mass is 16.5. The number of ether oxygens (including phenoxy) is 2. The molecular formula is C39H64N6O5. The van der Waals surface area contributed by atoms with Gasteiger partial charge in [0, 0.05) is 21.8 Å². The molecule has 0 spiro atoms. The van der Waals surface area contributed by atoms with Gasteiger partial charge in [0.25, 0.3) is 5.95 Å². The van der Waals surface area contributed by atoms with E-state index >= 15 is 4.79 Å². The van der Waals surface area contributed by atoms with Crippen molar-refractivity contribution in [1.29, 1.82) is 0 Å². The second-order valence-corrected chi connectivity index (χ2v) is 19.1. The molecule has 6 rings (SSSR count). The number of hydrogen-bond donors (Lipinski definition) is 2. The molecule has 0 amide bonds. The summed E-state index contributed by atoms with van der Waals surface area (Å²) in [6.45, 7) is 23.4. The Hall–Kier alpha value is -2.37. The first-order chi connectivity index (χ1) is 23.1. The van der Waals surface area contributed by atoms with Crippen molar-refractivity contribution >= 4 is 17.7 Å². The number of ketones is 1. The number of carboxylic acid groups (broad SMARTS) is 1. The Morgan fingerprint density at radius 1 is 1.14 bits per heavy atom. The molecule has 11 nitrogen and oxygen atoms in total. The summed E-state index contributed by atoms with van der Waals surface area (Å²) in [5, 5.41) is 24.1. The molecule has 3 saturated carbocycles. The molecule has 50 heavy (non-hydrogen) atoms. The molecule has 5 aliphatic rings. The topological polar surface area (TPSA) is 146 Å². The highest BCUT2D eigenvalue weighted by Crippen LogP contribution is 2.74. The van der Waals surface area contributed by atoms with Crippen molar-refractivity contribution in [2.24, 2.45) is 62.6 Å². The average Bonchev–Trinajstić information content (AvgIpc) is 3.46. The zero-order valence-electron chi connectivity index (χ0n) is 32.7. The maximum atomic E-state index is 15.0. The summed E-state index contributed by atoms with van der Waals surface area (Å²) in [6.07, 6.45) is 5.69. The minimum absolute atomic E-state index is 0.0421. The van der Waals surface area contributed by atoms with Crippen LogP contribution in [0.5, 0.6) is 0 Å². The molecule has 11 heteroatoms. The van der Waals surface area contributed by atoms with Gasteiger partial charge in [-0.05, 0) is 105 Å². The second kappa shape index (κ2) is 12.1. The Morgan fingerprint density at radius 3 is 2.38 bits per heavy atom. The smallest absolute Gasteiger partial charge is 0.308 e. The van der Waals surface area contributed by atoms with Crippen LogP contribution in [0.2, 0.25) is 0 Å². The maximum Gasteiger partial charge on any atom is 0.308 e. The molecule has 2 heterocycles. The Bertz CT molecular complexity index is 1530. The molecular weight excluding hydrogens is 632 g/mol. The summed E-state index contributed by atoms with van der Waals surface area (Å²) < 4.78 is 13.8. The molecule has 1 aromatic heterocycles. The molecule has 1 unspecified atom stereocenters. The number of aliphatic carboxylic acids is 1. The summed E-state index contributed by atoms with van der Waals surface area (Å²) in [4.78, 5) is 32.4. The molecule has 4 fully saturated rings. The number of anilines is 1. The number of allylic oxidation sites excluding steroid dienone is 1. The van der Waals surface area contributed by atoms with E-state index in [2.05, 4.69) is 96.7 Å². The van der Waals surface area contributed by atoms with Crippen LogP contribution in [-0.2, 0) is 19.1 Å². The number of likely N-dealkylation sites (N-methyl/N-ethyl adjacent to an activating group) is 1. The lowest BCUT2D eigenvalue weighted by molar-refractivity contribution is -0.254. The molecule has 2 bridgehead atoms. The lowest BCUT2D eigenvalue weighted by Crippen LogP contribution is -2.70. The van der Waals surface area contributed by atoms with Crippen LogP contribution >= 0.6 is 0 Å². The molecule has 4 aliphatic carbocycles. The fraction of sp³-hybridized carbons (Fsp3) is 0.872. The number of carboxylic acids is 1. The van der Waals surface area contributed by atoms with Crippen molar-refractivity contribution in [2.45, 2.75) is 119 Å². The predicted molar refractivity (Wildman–Crippen MR) is 192 cm³/mol. The van der Waals surface area contributed by atoms with Crippen molar-refractivity contribution < 1.29 is 24.2 Å². The largest absolute Gasteiger partial charge is 0.481 e. The number of nitrogens with zero attached hydrogens (tertiary/aromatic N) is 5. The molecule has 0 aromatic carbocycles. The third-order valence-electron chi connectivity index (χ3n) is 16.5. The van der Waals surface area contributed by atoms with Gasteiger partial charge in [-0.1, -0.05) is 73.0 Å². The second-order valence-electron chi connectivity index (χ2n) is 19.1. The van der Waals surface area contributed by atoms with E-state index in [1.807, 2.05) is 13.0 Å². The molecule has 280 valence electrons. The van der Waals surface area contributed by atoms with Crippen LogP contribution in [0.25, 0.3) is 0 Å². The Labute approximate surface area is 299 Å². The number of hydrogen-bond acceptors (Lipinski definition) is 9. The van der Waals surface area contributed by atoms with Crippen LogP contribution in [0.1, 0.15) is 107 Å². The van der Waals surface area contributed by atoms with E-state index in [9.17, 15) is 9.90 Å². The molecule has 1 aliphatic heterocycles. The lowest BCUT2D eigenvalue weighted by atomic mass is 9.34. The summed E-state index contributed by atoms with van der Waals surface area (Å²) in [6, 6.07) is -0.285. The summed E-state index contributed by atoms with van der Waals surface area (Å²) in [7, 11) is 4.21. The number of nitrogen functional groups attached to an aromatic ring is 1. The third kappa shape index (κ3) is 4.87. The Kier molecular flexibility index (Phi) is 9.04. The van der Waals surface area contributed by atoms with E-state index in [0.29, 0.717) is 38.1 Å². The van der Waals surface area contributed by atoms with Crippen molar-refractivity contribution in [2.75, 3.05) is 39.6 Å². The van der Waals surface area contributed by atoms with Crippen LogP contribution in [-0.4, -0.2) is 87.5 Å². The third-order valence-corrected chi connectivity index (χ3v) is 16.5. The van der Waals surface area contributed by atoms with E-state index in [0.717, 1.165) is 31.3 Å². The van der Waals surface area contributed by atoms with Gasteiger partial charge in [-0.3, -0.25) is 9.59 Å². The van der Waals surface area contributed by atoms with Gasteiger partial charge >= 0.3 is 5.97 Å². The Balaban J connectivity index is 1.47. The number of nitrogens with two attached hydrogens (primary N) is 1. The van der Waals surface area contributed by atoms with Gasteiger partial charge in [-0.25, -0.2) is 0 Å². The van der Waals surface area contributed by atoms with Crippen molar-refractivity contribution in [3.8, 4) is 0 Å². The number of aromatic nitrogens is 4. The monoisotopic (exact) mass is 696 g/mol. The number of rotatable bonds is 9. The van der Waals surface area contributed by atoms with Gasteiger partial charge in [0.1, 0.15) is 6.04 Å². The van der Waals surface area contributed by atoms with Crippen LogP contribution in [0.4, 0.5) is 5.95 Å². The Morgan fingerprint density at radius 2 is 1.82 bits per heavy atom. The van der Waals surface area contributed by atoms with Gasteiger partial charge in [0.15, 0.2) is 5.78 Å². The number of tetrazole rings is 1. The van der Waals surface area contributed by atoms with E-state index in [4.69, 9.17) is 15.2 Å². The number of carbonyl (C=O) groups is 2. The minimum atomic E-state index is -1.04. The van der Waals surface area contributed by atoms with Gasteiger partial charge in [0.05, 0.1) is 31.8 Å². The van der Waals surface area contributed by atoms with Crippen LogP contribution < -0.4 is 5.73 Å². The summed E-state index contributed by atoms with van der Waals surface area (Å²) in [5.74, 6) is -0.518. The minimum Gasteiger partial charge on any atom is -0.481 e. The van der Waals surface area contributed by atoms with E-state index in [-0.39, 0.29) is 47.2 Å². The molecule has 12 atom stereocenters. The fourth-order valence-corrected chi connectivity index (χ4v) is 12.3. The molecule has 1 saturated heterocycles. The zero-order valence-corrected chi connectivity index (χ0v) is 32.7. The summed E-state index contributed by atoms with van der Waals surface area (Å²) >= 11 is 0. The fourth-order valence-electron chi connectivity index (χ4n) is 12.3. The number of carbonyl (C=O) groups excluding carboxylic acids is 1. The van der Waals surface area contributed by atoms with Crippen molar-refractivity contribution in [3.05, 3.63) is 11.6 Å². The van der Waals surface area contributed by atoms with Crippen LogP contribution in [0.15, 0.2) is 11.6 Å². The van der Waals surface area contributed by atoms with Gasteiger partial charge < -0.3 is 25.2 Å². The first-order valence-corrected chi connectivity index (χ1v) is 19.1. The SMILES string of the molecule is CC(C)[C@@H](C)[C@@]1(C)CC[C@]2(C)[C@H]3CC[C@@H]4C5(COC[C@]4(C)[C@@H](OC[C@](C)(C(C)C)N(C)C)[C@H](n4nnc(N)n4)C5)C3=CC(=O)[C@@]2(C)[C@@H]1C(=O)O. The first-order valence-electron chi connectivity index (χ1n) is 19.1. The highest BCUT2D eigenvalue weighted by Gasteiger charge is 2.74. The van der Waals surface area contributed by atoms with Gasteiger partial charge in [0.2, 0.25) is 0 Å². The normalized spacial score (nSPS) is 43.1. The lowest BCUT2D eigenvalue weighted by Gasteiger charge is -2.70. The average molecular weight is 697 g/mol. The summed E-state index contributed by atoms with van der Waals surface area (Å²) in [5.41, 5.74) is 4.07. The molecule has 1 aromatic rings. The first kappa shape index (κ1) is 37.4. The zero-order chi connectivity index (χ0) is 37.0. The maximum absolute atomic E-state index is 15.0. The number of fused-ring (bicyclic) bond motifs is 3.